The number of hydrogen-bond acceptors (Lipinski definition) is 4. The third kappa shape index (κ3) is 3.39. The van der Waals surface area contributed by atoms with E-state index in [-0.39, 0.29) is 18.3 Å². The molecule has 1 aromatic rings. The van der Waals surface area contributed by atoms with E-state index in [0.717, 1.165) is 23.3 Å². The summed E-state index contributed by atoms with van der Waals surface area (Å²) in [5.41, 5.74) is 1.45. The molecule has 2 unspecified atom stereocenters. The molecule has 1 saturated carbocycles. The van der Waals surface area contributed by atoms with Crippen LogP contribution in [0, 0.1) is 12.8 Å². The number of nitrogens with one attached hydrogen (secondary N) is 1. The topological polar surface area (TPSA) is 55.4 Å². The molecule has 4 nitrogen and oxygen atoms in total. The Bertz CT molecular complexity index is 509. The predicted octanol–water partition coefficient (Wildman–Crippen LogP) is 2.69. The van der Waals surface area contributed by atoms with Gasteiger partial charge in [-0.15, -0.1) is 11.3 Å². The second kappa shape index (κ2) is 6.39. The van der Waals surface area contributed by atoms with Gasteiger partial charge in [0.05, 0.1) is 18.6 Å². The van der Waals surface area contributed by atoms with Crippen LogP contribution >= 0.6 is 11.3 Å². The van der Waals surface area contributed by atoms with E-state index in [9.17, 15) is 9.59 Å². The number of aryl methyl sites for hydroxylation is 1. The van der Waals surface area contributed by atoms with Crippen molar-refractivity contribution in [1.29, 1.82) is 0 Å². The molecule has 2 rings (SSSR count). The molecule has 110 valence electrons. The first-order valence-electron chi connectivity index (χ1n) is 7.10. The predicted molar refractivity (Wildman–Crippen MR) is 79.0 cm³/mol. The minimum atomic E-state index is -0.327. The quantitative estimate of drug-likeness (QED) is 0.821. The fourth-order valence-corrected chi connectivity index (χ4v) is 3.40. The second-order valence-corrected chi connectivity index (χ2v) is 6.16. The highest BCUT2D eigenvalue weighted by Gasteiger charge is 2.36. The molecule has 5 heteroatoms. The number of amides is 1. The molecule has 1 amide bonds. The Morgan fingerprint density at radius 3 is 2.80 bits per heavy atom. The van der Waals surface area contributed by atoms with E-state index >= 15 is 0 Å². The van der Waals surface area contributed by atoms with Crippen LogP contribution < -0.4 is 5.32 Å². The van der Waals surface area contributed by atoms with Gasteiger partial charge in [-0.25, -0.2) is 4.79 Å². The molecule has 0 saturated heterocycles. The Hall–Kier alpha value is -1.36. The van der Waals surface area contributed by atoms with Crippen LogP contribution in [-0.4, -0.2) is 24.5 Å². The standard InChI is InChI=1S/C15H21NO3S/c1-4-10-6-11(10)16-13(17)7-12-14(9(3)8-20-12)15(18)19-5-2/h8,10-11H,4-7H2,1-3H3,(H,16,17). The molecule has 0 bridgehead atoms. The van der Waals surface area contributed by atoms with E-state index in [1.807, 2.05) is 12.3 Å². The van der Waals surface area contributed by atoms with Crippen LogP contribution in [0.15, 0.2) is 5.38 Å². The Morgan fingerprint density at radius 1 is 1.45 bits per heavy atom. The fourth-order valence-electron chi connectivity index (χ4n) is 2.38. The van der Waals surface area contributed by atoms with E-state index in [1.54, 1.807) is 6.92 Å². The summed E-state index contributed by atoms with van der Waals surface area (Å²) in [6.45, 7) is 6.14. The molecule has 0 radical (unpaired) electrons. The monoisotopic (exact) mass is 295 g/mol. The van der Waals surface area contributed by atoms with Crippen LogP contribution in [0.3, 0.4) is 0 Å². The summed E-state index contributed by atoms with van der Waals surface area (Å²) in [7, 11) is 0. The summed E-state index contributed by atoms with van der Waals surface area (Å²) in [6, 6.07) is 0.333. The van der Waals surface area contributed by atoms with Crippen LogP contribution in [0.4, 0.5) is 0 Å². The number of hydrogen-bond donors (Lipinski definition) is 1. The fraction of sp³-hybridized carbons (Fsp3) is 0.600. The maximum absolute atomic E-state index is 12.0. The van der Waals surface area contributed by atoms with Crippen molar-refractivity contribution < 1.29 is 14.3 Å². The smallest absolute Gasteiger partial charge is 0.339 e. The average Bonchev–Trinajstić information content (AvgIpc) is 3.04. The van der Waals surface area contributed by atoms with E-state index in [0.29, 0.717) is 24.1 Å². The molecule has 20 heavy (non-hydrogen) atoms. The Balaban J connectivity index is 1.99. The van der Waals surface area contributed by atoms with E-state index in [4.69, 9.17) is 4.74 Å². The Morgan fingerprint density at radius 2 is 2.20 bits per heavy atom. The normalized spacial score (nSPS) is 20.6. The first kappa shape index (κ1) is 15.0. The molecule has 1 aliphatic rings. The highest BCUT2D eigenvalue weighted by molar-refractivity contribution is 7.10. The number of carbonyl (C=O) groups is 2. The molecular formula is C15H21NO3S. The highest BCUT2D eigenvalue weighted by Crippen LogP contribution is 2.33. The molecule has 1 fully saturated rings. The first-order valence-corrected chi connectivity index (χ1v) is 7.98. The molecule has 1 aromatic heterocycles. The van der Waals surface area contributed by atoms with Gasteiger partial charge in [0.2, 0.25) is 5.91 Å². The molecule has 2 atom stereocenters. The van der Waals surface area contributed by atoms with Gasteiger partial charge in [0.15, 0.2) is 0 Å². The molecule has 0 aliphatic heterocycles. The maximum Gasteiger partial charge on any atom is 0.339 e. The molecular weight excluding hydrogens is 274 g/mol. The van der Waals surface area contributed by atoms with Crippen LogP contribution in [0.25, 0.3) is 0 Å². The SMILES string of the molecule is CCOC(=O)c1c(C)csc1CC(=O)NC1CC1CC. The zero-order valence-corrected chi connectivity index (χ0v) is 13.0. The molecule has 1 N–H and O–H groups in total. The Kier molecular flexibility index (Phi) is 4.81. The number of esters is 1. The van der Waals surface area contributed by atoms with Crippen LogP contribution in [0.5, 0.6) is 0 Å². The van der Waals surface area contributed by atoms with Gasteiger partial charge in [-0.2, -0.15) is 0 Å². The van der Waals surface area contributed by atoms with Gasteiger partial charge >= 0.3 is 5.97 Å². The lowest BCUT2D eigenvalue weighted by atomic mass is 10.1. The average molecular weight is 295 g/mol. The minimum absolute atomic E-state index is 0.00153. The second-order valence-electron chi connectivity index (χ2n) is 5.19. The van der Waals surface area contributed by atoms with Crippen molar-refractivity contribution in [2.75, 3.05) is 6.61 Å². The van der Waals surface area contributed by atoms with Crippen LogP contribution in [0.2, 0.25) is 0 Å². The zero-order valence-electron chi connectivity index (χ0n) is 12.2. The van der Waals surface area contributed by atoms with Gasteiger partial charge < -0.3 is 10.1 Å². The summed E-state index contributed by atoms with van der Waals surface area (Å²) in [4.78, 5) is 24.7. The van der Waals surface area contributed by atoms with Crippen molar-refractivity contribution in [3.8, 4) is 0 Å². The van der Waals surface area contributed by atoms with E-state index in [2.05, 4.69) is 12.2 Å². The van der Waals surface area contributed by atoms with Crippen molar-refractivity contribution in [3.63, 3.8) is 0 Å². The molecule has 1 heterocycles. The van der Waals surface area contributed by atoms with Crippen LogP contribution in [-0.2, 0) is 16.0 Å². The first-order chi connectivity index (χ1) is 9.56. The number of thiophene rings is 1. The number of ether oxygens (including phenoxy) is 1. The van der Waals surface area contributed by atoms with Crippen molar-refractivity contribution in [3.05, 3.63) is 21.4 Å². The van der Waals surface area contributed by atoms with E-state index < -0.39 is 0 Å². The van der Waals surface area contributed by atoms with Gasteiger partial charge in [-0.3, -0.25) is 4.79 Å². The molecule has 1 aliphatic carbocycles. The van der Waals surface area contributed by atoms with Gasteiger partial charge in [0.1, 0.15) is 0 Å². The van der Waals surface area contributed by atoms with Crippen LogP contribution in [0.1, 0.15) is 47.5 Å². The maximum atomic E-state index is 12.0. The number of rotatable bonds is 6. The third-order valence-electron chi connectivity index (χ3n) is 3.65. The lowest BCUT2D eigenvalue weighted by molar-refractivity contribution is -0.120. The zero-order chi connectivity index (χ0) is 14.7. The van der Waals surface area contributed by atoms with Crippen molar-refractivity contribution in [2.24, 2.45) is 5.92 Å². The van der Waals surface area contributed by atoms with Gasteiger partial charge in [-0.1, -0.05) is 13.3 Å². The van der Waals surface area contributed by atoms with Gasteiger partial charge in [-0.05, 0) is 37.1 Å². The minimum Gasteiger partial charge on any atom is -0.462 e. The summed E-state index contributed by atoms with van der Waals surface area (Å²) in [5.74, 6) is 0.304. The van der Waals surface area contributed by atoms with Crippen molar-refractivity contribution >= 4 is 23.2 Å². The third-order valence-corrected chi connectivity index (χ3v) is 4.75. The van der Waals surface area contributed by atoms with E-state index in [1.165, 1.54) is 11.3 Å². The molecule has 0 spiro atoms. The highest BCUT2D eigenvalue weighted by atomic mass is 32.1. The molecule has 0 aromatic carbocycles. The summed E-state index contributed by atoms with van der Waals surface area (Å²) < 4.78 is 5.05. The van der Waals surface area contributed by atoms with Gasteiger partial charge in [0, 0.05) is 10.9 Å². The summed E-state index contributed by atoms with van der Waals surface area (Å²) in [6.07, 6.45) is 2.45. The summed E-state index contributed by atoms with van der Waals surface area (Å²) in [5, 5.41) is 4.93. The number of carbonyl (C=O) groups excluding carboxylic acids is 2. The van der Waals surface area contributed by atoms with Crippen molar-refractivity contribution in [1.82, 2.24) is 5.32 Å². The summed E-state index contributed by atoms with van der Waals surface area (Å²) >= 11 is 1.45. The van der Waals surface area contributed by atoms with Crippen molar-refractivity contribution in [2.45, 2.75) is 46.1 Å². The Labute approximate surface area is 123 Å². The largest absolute Gasteiger partial charge is 0.462 e. The lowest BCUT2D eigenvalue weighted by Gasteiger charge is -2.06. The van der Waals surface area contributed by atoms with Gasteiger partial charge in [0.25, 0.3) is 0 Å². The lowest BCUT2D eigenvalue weighted by Crippen LogP contribution is -2.28.